The van der Waals surface area contributed by atoms with Crippen molar-refractivity contribution in [2.24, 2.45) is 5.73 Å². The van der Waals surface area contributed by atoms with Crippen molar-refractivity contribution in [3.05, 3.63) is 69.5 Å². The molecule has 110 valence electrons. The maximum Gasteiger partial charge on any atom is 0.130 e. The van der Waals surface area contributed by atoms with Gasteiger partial charge < -0.3 is 5.73 Å². The van der Waals surface area contributed by atoms with Crippen LogP contribution in [-0.2, 0) is 18.4 Å². The Kier molecular flexibility index (Phi) is 3.76. The van der Waals surface area contributed by atoms with Crippen LogP contribution in [0.3, 0.4) is 0 Å². The van der Waals surface area contributed by atoms with E-state index in [9.17, 15) is 4.39 Å². The van der Waals surface area contributed by atoms with Crippen LogP contribution in [0.5, 0.6) is 0 Å². The van der Waals surface area contributed by atoms with Crippen molar-refractivity contribution < 1.29 is 4.39 Å². The molecule has 0 fully saturated rings. The highest BCUT2D eigenvalue weighted by Gasteiger charge is 2.28. The van der Waals surface area contributed by atoms with Gasteiger partial charge in [0, 0.05) is 10.6 Å². The fourth-order valence-electron chi connectivity index (χ4n) is 3.12. The van der Waals surface area contributed by atoms with Crippen LogP contribution >= 0.6 is 11.6 Å². The molecule has 1 unspecified atom stereocenters. The molecule has 3 heteroatoms. The standard InChI is InChI=1S/C18H19ClFN/c1-18(21,16-9-8-15(19)11-17(16)20)14-7-6-12-4-2-3-5-13(12)10-14/h6-11H,2-5,21H2,1H3. The Hall–Kier alpha value is -1.38. The molecule has 1 aliphatic rings. The summed E-state index contributed by atoms with van der Waals surface area (Å²) in [5.74, 6) is -0.356. The Morgan fingerprint density at radius 1 is 1.05 bits per heavy atom. The normalized spacial score (nSPS) is 17.1. The average molecular weight is 304 g/mol. The number of aryl methyl sites for hydroxylation is 2. The van der Waals surface area contributed by atoms with E-state index in [-0.39, 0.29) is 5.82 Å². The minimum atomic E-state index is -0.860. The van der Waals surface area contributed by atoms with Crippen LogP contribution in [-0.4, -0.2) is 0 Å². The Bertz CT molecular complexity index is 679. The Morgan fingerprint density at radius 2 is 1.76 bits per heavy atom. The molecule has 2 aromatic rings. The van der Waals surface area contributed by atoms with Crippen LogP contribution < -0.4 is 5.73 Å². The van der Waals surface area contributed by atoms with Crippen LogP contribution in [0, 0.1) is 5.82 Å². The van der Waals surface area contributed by atoms with E-state index in [1.165, 1.54) is 30.0 Å². The lowest BCUT2D eigenvalue weighted by Gasteiger charge is -2.28. The molecule has 1 nitrogen and oxygen atoms in total. The zero-order valence-electron chi connectivity index (χ0n) is 12.1. The summed E-state index contributed by atoms with van der Waals surface area (Å²) in [6.45, 7) is 1.85. The first-order valence-corrected chi connectivity index (χ1v) is 7.73. The molecule has 0 aliphatic heterocycles. The monoisotopic (exact) mass is 303 g/mol. The van der Waals surface area contributed by atoms with Crippen LogP contribution in [0.15, 0.2) is 36.4 Å². The smallest absolute Gasteiger partial charge is 0.130 e. The number of nitrogens with two attached hydrogens (primary N) is 1. The maximum absolute atomic E-state index is 14.2. The molecule has 2 aromatic carbocycles. The van der Waals surface area contributed by atoms with Crippen molar-refractivity contribution in [1.82, 2.24) is 0 Å². The fourth-order valence-corrected chi connectivity index (χ4v) is 3.28. The molecule has 1 atom stereocenters. The van der Waals surface area contributed by atoms with E-state index in [0.29, 0.717) is 10.6 Å². The Labute approximate surface area is 129 Å². The number of fused-ring (bicyclic) bond motifs is 1. The van der Waals surface area contributed by atoms with E-state index in [0.717, 1.165) is 18.4 Å². The van der Waals surface area contributed by atoms with Gasteiger partial charge in [-0.3, -0.25) is 0 Å². The van der Waals surface area contributed by atoms with E-state index >= 15 is 0 Å². The molecule has 0 saturated carbocycles. The molecule has 2 N–H and O–H groups in total. The van der Waals surface area contributed by atoms with Gasteiger partial charge in [0.25, 0.3) is 0 Å². The third-order valence-electron chi connectivity index (χ3n) is 4.44. The van der Waals surface area contributed by atoms with Crippen LogP contribution in [0.1, 0.15) is 42.0 Å². The molecule has 0 amide bonds. The quantitative estimate of drug-likeness (QED) is 0.863. The van der Waals surface area contributed by atoms with Crippen molar-refractivity contribution in [1.29, 1.82) is 0 Å². The summed E-state index contributed by atoms with van der Waals surface area (Å²) in [4.78, 5) is 0. The molecule has 0 radical (unpaired) electrons. The zero-order chi connectivity index (χ0) is 15.0. The average Bonchev–Trinajstić information content (AvgIpc) is 2.46. The van der Waals surface area contributed by atoms with E-state index in [4.69, 9.17) is 17.3 Å². The summed E-state index contributed by atoms with van der Waals surface area (Å²) in [6.07, 6.45) is 4.68. The minimum absolute atomic E-state index is 0.356. The molecule has 0 aromatic heterocycles. The molecule has 0 bridgehead atoms. The number of hydrogen-bond acceptors (Lipinski definition) is 1. The lowest BCUT2D eigenvalue weighted by atomic mass is 9.81. The summed E-state index contributed by atoms with van der Waals surface area (Å²) < 4.78 is 14.2. The van der Waals surface area contributed by atoms with Crippen molar-refractivity contribution in [3.8, 4) is 0 Å². The fraction of sp³-hybridized carbons (Fsp3) is 0.333. The second-order valence-electron chi connectivity index (χ2n) is 6.02. The summed E-state index contributed by atoms with van der Waals surface area (Å²) in [6, 6.07) is 11.0. The lowest BCUT2D eigenvalue weighted by molar-refractivity contribution is 0.529. The van der Waals surface area contributed by atoms with Gasteiger partial charge in [0.15, 0.2) is 0 Å². The van der Waals surface area contributed by atoms with Crippen molar-refractivity contribution in [2.45, 2.75) is 38.1 Å². The predicted molar refractivity (Wildman–Crippen MR) is 85.1 cm³/mol. The molecule has 0 heterocycles. The third-order valence-corrected chi connectivity index (χ3v) is 4.67. The van der Waals surface area contributed by atoms with Crippen molar-refractivity contribution >= 4 is 11.6 Å². The SMILES string of the molecule is CC(N)(c1ccc2c(c1)CCCC2)c1ccc(Cl)cc1F. The second kappa shape index (κ2) is 5.43. The highest BCUT2D eigenvalue weighted by atomic mass is 35.5. The predicted octanol–water partition coefficient (Wildman–Crippen LogP) is 4.58. The van der Waals surface area contributed by atoms with Crippen LogP contribution in [0.4, 0.5) is 4.39 Å². The topological polar surface area (TPSA) is 26.0 Å². The lowest BCUT2D eigenvalue weighted by Crippen LogP contribution is -2.35. The second-order valence-corrected chi connectivity index (χ2v) is 6.45. The molecule has 3 rings (SSSR count). The molecular formula is C18H19ClFN. The highest BCUT2D eigenvalue weighted by Crippen LogP contribution is 2.32. The summed E-state index contributed by atoms with van der Waals surface area (Å²) >= 11 is 5.83. The van der Waals surface area contributed by atoms with Gasteiger partial charge in [-0.15, -0.1) is 0 Å². The first kappa shape index (κ1) is 14.6. The van der Waals surface area contributed by atoms with Crippen LogP contribution in [0.2, 0.25) is 5.02 Å². The number of benzene rings is 2. The Balaban J connectivity index is 2.05. The highest BCUT2D eigenvalue weighted by molar-refractivity contribution is 6.30. The molecule has 1 aliphatic carbocycles. The van der Waals surface area contributed by atoms with Gasteiger partial charge >= 0.3 is 0 Å². The van der Waals surface area contributed by atoms with E-state index in [2.05, 4.69) is 12.1 Å². The van der Waals surface area contributed by atoms with Gasteiger partial charge in [-0.05, 0) is 61.4 Å². The zero-order valence-corrected chi connectivity index (χ0v) is 12.9. The first-order chi connectivity index (χ1) is 9.98. The van der Waals surface area contributed by atoms with Crippen molar-refractivity contribution in [3.63, 3.8) is 0 Å². The van der Waals surface area contributed by atoms with Gasteiger partial charge in [0.05, 0.1) is 5.54 Å². The van der Waals surface area contributed by atoms with Crippen LogP contribution in [0.25, 0.3) is 0 Å². The van der Waals surface area contributed by atoms with E-state index in [1.54, 1.807) is 12.1 Å². The molecule has 21 heavy (non-hydrogen) atoms. The largest absolute Gasteiger partial charge is 0.318 e. The minimum Gasteiger partial charge on any atom is -0.318 e. The summed E-state index contributed by atoms with van der Waals surface area (Å²) in [7, 11) is 0. The number of hydrogen-bond donors (Lipinski definition) is 1. The van der Waals surface area contributed by atoms with Gasteiger partial charge in [0.1, 0.15) is 5.82 Å². The number of halogens is 2. The van der Waals surface area contributed by atoms with E-state index < -0.39 is 5.54 Å². The molecule has 0 spiro atoms. The summed E-state index contributed by atoms with van der Waals surface area (Å²) in [5.41, 5.74) is 9.78. The third kappa shape index (κ3) is 2.70. The molecule has 0 saturated heterocycles. The van der Waals surface area contributed by atoms with Gasteiger partial charge in [-0.2, -0.15) is 0 Å². The van der Waals surface area contributed by atoms with Crippen molar-refractivity contribution in [2.75, 3.05) is 0 Å². The van der Waals surface area contributed by atoms with Gasteiger partial charge in [-0.25, -0.2) is 4.39 Å². The number of rotatable bonds is 2. The van der Waals surface area contributed by atoms with E-state index in [1.807, 2.05) is 13.0 Å². The van der Waals surface area contributed by atoms with Gasteiger partial charge in [-0.1, -0.05) is 35.9 Å². The van der Waals surface area contributed by atoms with Gasteiger partial charge in [0.2, 0.25) is 0 Å². The first-order valence-electron chi connectivity index (χ1n) is 7.35. The molecular weight excluding hydrogens is 285 g/mol. The maximum atomic E-state index is 14.2. The summed E-state index contributed by atoms with van der Waals surface area (Å²) in [5, 5.41) is 0.387. The Morgan fingerprint density at radius 3 is 2.48 bits per heavy atom.